The van der Waals surface area contributed by atoms with Crippen molar-refractivity contribution in [1.82, 2.24) is 10.6 Å². The van der Waals surface area contributed by atoms with Gasteiger partial charge >= 0.3 is 0 Å². The van der Waals surface area contributed by atoms with Gasteiger partial charge in [-0.15, -0.1) is 11.3 Å². The second-order valence-corrected chi connectivity index (χ2v) is 8.88. The summed E-state index contributed by atoms with van der Waals surface area (Å²) in [7, 11) is 1.81. The van der Waals surface area contributed by atoms with Crippen molar-refractivity contribution in [3.8, 4) is 5.75 Å². The van der Waals surface area contributed by atoms with Gasteiger partial charge in [0.2, 0.25) is 0 Å². The Morgan fingerprint density at radius 2 is 2.24 bits per heavy atom. The molecule has 1 aliphatic rings. The minimum atomic E-state index is 0.496. The van der Waals surface area contributed by atoms with E-state index < -0.39 is 0 Å². The van der Waals surface area contributed by atoms with Crippen molar-refractivity contribution in [2.24, 2.45) is 16.8 Å². The summed E-state index contributed by atoms with van der Waals surface area (Å²) in [5, 5.41) is 9.01. The molecule has 29 heavy (non-hydrogen) atoms. The largest absolute Gasteiger partial charge is 0.493 e. The summed E-state index contributed by atoms with van der Waals surface area (Å²) in [6.07, 6.45) is 2.17. The molecule has 1 saturated heterocycles. The summed E-state index contributed by atoms with van der Waals surface area (Å²) < 4.78 is 11.6. The monoisotopic (exact) mass is 415 g/mol. The maximum atomic E-state index is 6.15. The zero-order valence-electron chi connectivity index (χ0n) is 17.7. The highest BCUT2D eigenvalue weighted by Crippen LogP contribution is 2.22. The Morgan fingerprint density at radius 1 is 1.34 bits per heavy atom. The SMILES string of the molecule is CN=C(NCc1ccc(C)cc1OCC1CCOC1)NCC(C)Cc1cccs1. The lowest BCUT2D eigenvalue weighted by atomic mass is 10.1. The molecule has 2 atom stereocenters. The molecular formula is C23H33N3O2S. The van der Waals surface area contributed by atoms with Gasteiger partial charge in [0.05, 0.1) is 13.2 Å². The predicted octanol–water partition coefficient (Wildman–Crippen LogP) is 4.02. The molecule has 0 aliphatic carbocycles. The zero-order chi connectivity index (χ0) is 20.5. The van der Waals surface area contributed by atoms with Crippen molar-refractivity contribution in [3.05, 3.63) is 51.7 Å². The number of hydrogen-bond acceptors (Lipinski definition) is 4. The lowest BCUT2D eigenvalue weighted by Gasteiger charge is -2.18. The number of benzene rings is 1. The first-order chi connectivity index (χ1) is 14.1. The molecule has 1 aliphatic heterocycles. The van der Waals surface area contributed by atoms with E-state index in [9.17, 15) is 0 Å². The lowest BCUT2D eigenvalue weighted by molar-refractivity contribution is 0.166. The summed E-state index contributed by atoms with van der Waals surface area (Å²) in [5.41, 5.74) is 2.35. The summed E-state index contributed by atoms with van der Waals surface area (Å²) in [6, 6.07) is 10.7. The van der Waals surface area contributed by atoms with Crippen LogP contribution in [0.5, 0.6) is 5.75 Å². The van der Waals surface area contributed by atoms with Crippen LogP contribution in [0.2, 0.25) is 0 Å². The first-order valence-electron chi connectivity index (χ1n) is 10.4. The average Bonchev–Trinajstić information content (AvgIpc) is 3.41. The fourth-order valence-corrected chi connectivity index (χ4v) is 4.25. The maximum absolute atomic E-state index is 6.15. The first kappa shape index (κ1) is 21.7. The van der Waals surface area contributed by atoms with Crippen molar-refractivity contribution in [2.45, 2.75) is 33.2 Å². The number of nitrogens with zero attached hydrogens (tertiary/aromatic N) is 1. The highest BCUT2D eigenvalue weighted by atomic mass is 32.1. The molecule has 0 saturated carbocycles. The third-order valence-corrected chi connectivity index (χ3v) is 6.04. The molecule has 0 amide bonds. The van der Waals surface area contributed by atoms with E-state index in [-0.39, 0.29) is 0 Å². The minimum Gasteiger partial charge on any atom is -0.493 e. The summed E-state index contributed by atoms with van der Waals surface area (Å²) in [5.74, 6) is 2.80. The molecule has 2 unspecified atom stereocenters. The second kappa shape index (κ2) is 11.2. The normalized spacial score (nSPS) is 17.9. The quantitative estimate of drug-likeness (QED) is 0.480. The number of aryl methyl sites for hydroxylation is 1. The topological polar surface area (TPSA) is 54.9 Å². The summed E-state index contributed by atoms with van der Waals surface area (Å²) in [4.78, 5) is 5.80. The van der Waals surface area contributed by atoms with Crippen LogP contribution in [0.4, 0.5) is 0 Å². The number of rotatable bonds is 9. The van der Waals surface area contributed by atoms with Crippen LogP contribution >= 0.6 is 11.3 Å². The molecular weight excluding hydrogens is 382 g/mol. The van der Waals surface area contributed by atoms with E-state index in [0.717, 1.165) is 49.9 Å². The highest BCUT2D eigenvalue weighted by Gasteiger charge is 2.17. The Balaban J connectivity index is 1.49. The van der Waals surface area contributed by atoms with Crippen LogP contribution in [-0.2, 0) is 17.7 Å². The third kappa shape index (κ3) is 7.05. The van der Waals surface area contributed by atoms with Crippen LogP contribution in [0, 0.1) is 18.8 Å². The first-order valence-corrected chi connectivity index (χ1v) is 11.3. The molecule has 3 rings (SSSR count). The van der Waals surface area contributed by atoms with E-state index in [1.54, 1.807) is 0 Å². The van der Waals surface area contributed by atoms with E-state index in [2.05, 4.69) is 65.2 Å². The van der Waals surface area contributed by atoms with E-state index in [0.29, 0.717) is 25.0 Å². The standard InChI is InChI=1S/C23H33N3O2S/c1-17-6-7-20(22(12-17)28-16-19-8-9-27-15-19)14-26-23(24-3)25-13-18(2)11-21-5-4-10-29-21/h4-7,10,12,18-19H,8-9,11,13-16H2,1-3H3,(H2,24,25,26). The summed E-state index contributed by atoms with van der Waals surface area (Å²) in [6.45, 7) is 8.29. The van der Waals surface area contributed by atoms with E-state index in [4.69, 9.17) is 9.47 Å². The van der Waals surface area contributed by atoms with Crippen molar-refractivity contribution < 1.29 is 9.47 Å². The molecule has 6 heteroatoms. The van der Waals surface area contributed by atoms with Gasteiger partial charge in [0.25, 0.3) is 0 Å². The molecule has 0 spiro atoms. The maximum Gasteiger partial charge on any atom is 0.191 e. The molecule has 2 heterocycles. The van der Waals surface area contributed by atoms with Crippen molar-refractivity contribution in [2.75, 3.05) is 33.4 Å². The molecule has 2 N–H and O–H groups in total. The number of hydrogen-bond donors (Lipinski definition) is 2. The number of ether oxygens (including phenoxy) is 2. The average molecular weight is 416 g/mol. The number of nitrogens with one attached hydrogen (secondary N) is 2. The van der Waals surface area contributed by atoms with E-state index >= 15 is 0 Å². The van der Waals surface area contributed by atoms with Gasteiger partial charge in [0.1, 0.15) is 5.75 Å². The fraction of sp³-hybridized carbons (Fsp3) is 0.522. The molecule has 0 bridgehead atoms. The van der Waals surface area contributed by atoms with Crippen LogP contribution in [-0.4, -0.2) is 39.4 Å². The van der Waals surface area contributed by atoms with Gasteiger partial charge in [-0.1, -0.05) is 25.1 Å². The van der Waals surface area contributed by atoms with Crippen molar-refractivity contribution in [1.29, 1.82) is 0 Å². The fourth-order valence-electron chi connectivity index (χ4n) is 3.38. The Labute approximate surface area is 178 Å². The van der Waals surface area contributed by atoms with Gasteiger partial charge in [-0.25, -0.2) is 0 Å². The Bertz CT molecular complexity index is 770. The smallest absolute Gasteiger partial charge is 0.191 e. The van der Waals surface area contributed by atoms with Crippen LogP contribution < -0.4 is 15.4 Å². The molecule has 0 radical (unpaired) electrons. The van der Waals surface area contributed by atoms with Gasteiger partial charge in [-0.05, 0) is 48.8 Å². The number of guanidine groups is 1. The van der Waals surface area contributed by atoms with Gasteiger partial charge in [-0.3, -0.25) is 4.99 Å². The van der Waals surface area contributed by atoms with Crippen LogP contribution in [0.15, 0.2) is 40.7 Å². The highest BCUT2D eigenvalue weighted by molar-refractivity contribution is 7.09. The van der Waals surface area contributed by atoms with E-state index in [1.807, 2.05) is 18.4 Å². The second-order valence-electron chi connectivity index (χ2n) is 7.85. The lowest BCUT2D eigenvalue weighted by Crippen LogP contribution is -2.39. The van der Waals surface area contributed by atoms with Gasteiger partial charge in [0, 0.05) is 43.1 Å². The number of aliphatic imine (C=N–C) groups is 1. The molecule has 1 aromatic heterocycles. The van der Waals surface area contributed by atoms with Crippen LogP contribution in [0.25, 0.3) is 0 Å². The number of thiophene rings is 1. The molecule has 1 fully saturated rings. The van der Waals surface area contributed by atoms with E-state index in [1.165, 1.54) is 10.4 Å². The van der Waals surface area contributed by atoms with Gasteiger partial charge in [-0.2, -0.15) is 0 Å². The Kier molecular flexibility index (Phi) is 8.38. The molecule has 2 aromatic rings. The minimum absolute atomic E-state index is 0.496. The van der Waals surface area contributed by atoms with Crippen LogP contribution in [0.3, 0.4) is 0 Å². The van der Waals surface area contributed by atoms with Crippen molar-refractivity contribution >= 4 is 17.3 Å². The van der Waals surface area contributed by atoms with Crippen molar-refractivity contribution in [3.63, 3.8) is 0 Å². The predicted molar refractivity (Wildman–Crippen MR) is 121 cm³/mol. The molecule has 5 nitrogen and oxygen atoms in total. The molecule has 1 aromatic carbocycles. The van der Waals surface area contributed by atoms with Gasteiger partial charge < -0.3 is 20.1 Å². The van der Waals surface area contributed by atoms with Gasteiger partial charge in [0.15, 0.2) is 5.96 Å². The third-order valence-electron chi connectivity index (χ3n) is 5.14. The zero-order valence-corrected chi connectivity index (χ0v) is 18.6. The Morgan fingerprint density at radius 3 is 2.97 bits per heavy atom. The Hall–Kier alpha value is -2.05. The summed E-state index contributed by atoms with van der Waals surface area (Å²) >= 11 is 1.82. The van der Waals surface area contributed by atoms with Crippen LogP contribution in [0.1, 0.15) is 29.3 Å². The molecule has 158 valence electrons.